The molecule has 0 saturated carbocycles. The van der Waals surface area contributed by atoms with Gasteiger partial charge in [-0.2, -0.15) is 11.8 Å². The number of rotatable bonds is 4. The summed E-state index contributed by atoms with van der Waals surface area (Å²) in [6.45, 7) is 2.34. The maximum atomic E-state index is 5.13. The molecule has 29 heavy (non-hydrogen) atoms. The van der Waals surface area contributed by atoms with E-state index in [-0.39, 0.29) is 0 Å². The number of aromatic nitrogens is 3. The lowest BCUT2D eigenvalue weighted by molar-refractivity contribution is 0.160. The Labute approximate surface area is 176 Å². The highest BCUT2D eigenvalue weighted by Crippen LogP contribution is 2.36. The molecule has 0 spiro atoms. The van der Waals surface area contributed by atoms with Gasteiger partial charge in [-0.15, -0.1) is 0 Å². The molecule has 2 saturated heterocycles. The quantitative estimate of drug-likeness (QED) is 0.621. The second kappa shape index (κ2) is 8.64. The summed E-state index contributed by atoms with van der Waals surface area (Å²) in [7, 11) is 0. The molecule has 0 amide bonds. The minimum atomic E-state index is 0.452. The van der Waals surface area contributed by atoms with Crippen LogP contribution in [0.2, 0.25) is 0 Å². The van der Waals surface area contributed by atoms with Crippen molar-refractivity contribution in [2.45, 2.75) is 31.2 Å². The van der Waals surface area contributed by atoms with Crippen LogP contribution >= 0.6 is 11.8 Å². The van der Waals surface area contributed by atoms with E-state index in [1.165, 1.54) is 54.1 Å². The summed E-state index contributed by atoms with van der Waals surface area (Å²) in [4.78, 5) is 16.7. The number of benzene rings is 1. The van der Waals surface area contributed by atoms with Crippen LogP contribution in [0.4, 0.5) is 0 Å². The molecule has 2 aromatic heterocycles. The third-order valence-electron chi connectivity index (χ3n) is 6.10. The highest BCUT2D eigenvalue weighted by Gasteiger charge is 2.31. The molecule has 2 aliphatic rings. The van der Waals surface area contributed by atoms with Gasteiger partial charge in [0.1, 0.15) is 0 Å². The Morgan fingerprint density at radius 1 is 0.966 bits per heavy atom. The summed E-state index contributed by atoms with van der Waals surface area (Å²) in [5.41, 5.74) is 4.61. The smallest absolute Gasteiger partial charge is 0.159 e. The number of likely N-dealkylation sites (tertiary alicyclic amines) is 1. The molecule has 5 heteroatoms. The van der Waals surface area contributed by atoms with E-state index in [0.717, 1.165) is 24.0 Å². The fraction of sp³-hybridized carbons (Fsp3) is 0.375. The lowest BCUT2D eigenvalue weighted by Crippen LogP contribution is -2.42. The van der Waals surface area contributed by atoms with Gasteiger partial charge in [0.2, 0.25) is 0 Å². The Morgan fingerprint density at radius 2 is 1.83 bits per heavy atom. The Morgan fingerprint density at radius 3 is 2.62 bits per heavy atom. The molecule has 2 atom stereocenters. The summed E-state index contributed by atoms with van der Waals surface area (Å²) in [5, 5.41) is 0. The van der Waals surface area contributed by atoms with Gasteiger partial charge in [0.25, 0.3) is 0 Å². The van der Waals surface area contributed by atoms with Gasteiger partial charge in [0, 0.05) is 54.0 Å². The van der Waals surface area contributed by atoms with E-state index in [2.05, 4.69) is 52.0 Å². The van der Waals surface area contributed by atoms with Gasteiger partial charge >= 0.3 is 0 Å². The number of thioether (sulfide) groups is 1. The predicted molar refractivity (Wildman–Crippen MR) is 120 cm³/mol. The van der Waals surface area contributed by atoms with Crippen molar-refractivity contribution in [1.29, 1.82) is 0 Å². The molecule has 2 aliphatic heterocycles. The molecule has 5 rings (SSSR count). The molecule has 0 bridgehead atoms. The van der Waals surface area contributed by atoms with Crippen LogP contribution in [0.25, 0.3) is 22.5 Å². The van der Waals surface area contributed by atoms with E-state index >= 15 is 0 Å². The Kier molecular flexibility index (Phi) is 5.59. The molecule has 1 aromatic carbocycles. The Bertz CT molecular complexity index is 942. The highest BCUT2D eigenvalue weighted by atomic mass is 32.2. The van der Waals surface area contributed by atoms with Crippen molar-refractivity contribution in [1.82, 2.24) is 19.9 Å². The van der Waals surface area contributed by atoms with Crippen molar-refractivity contribution < 1.29 is 0 Å². The van der Waals surface area contributed by atoms with Crippen LogP contribution < -0.4 is 0 Å². The van der Waals surface area contributed by atoms with Crippen LogP contribution in [0.5, 0.6) is 0 Å². The summed E-state index contributed by atoms with van der Waals surface area (Å²) in [6.07, 6.45) is 9.41. The van der Waals surface area contributed by atoms with Crippen LogP contribution in [-0.2, 0) is 0 Å². The van der Waals surface area contributed by atoms with Crippen LogP contribution in [0.1, 0.15) is 30.9 Å². The summed E-state index contributed by atoms with van der Waals surface area (Å²) in [6, 6.07) is 15.3. The zero-order chi connectivity index (χ0) is 19.5. The molecule has 4 heterocycles. The molecule has 0 N–H and O–H groups in total. The van der Waals surface area contributed by atoms with Crippen molar-refractivity contribution >= 4 is 11.8 Å². The number of hydrogen-bond donors (Lipinski definition) is 0. The van der Waals surface area contributed by atoms with Gasteiger partial charge in [-0.1, -0.05) is 30.3 Å². The van der Waals surface area contributed by atoms with Crippen molar-refractivity contribution in [2.24, 2.45) is 0 Å². The van der Waals surface area contributed by atoms with E-state index in [0.29, 0.717) is 5.92 Å². The minimum Gasteiger partial charge on any atom is -0.299 e. The highest BCUT2D eigenvalue weighted by molar-refractivity contribution is 7.99. The lowest BCUT2D eigenvalue weighted by Gasteiger charge is -2.37. The van der Waals surface area contributed by atoms with Gasteiger partial charge in [-0.25, -0.2) is 9.97 Å². The lowest BCUT2D eigenvalue weighted by atomic mass is 9.89. The Hall–Kier alpha value is -2.24. The van der Waals surface area contributed by atoms with Crippen LogP contribution in [0, 0.1) is 0 Å². The minimum absolute atomic E-state index is 0.452. The predicted octanol–water partition coefficient (Wildman–Crippen LogP) is 4.89. The van der Waals surface area contributed by atoms with Crippen LogP contribution in [0.3, 0.4) is 0 Å². The standard InChI is InChI=1S/C24H26N4S/c1-2-5-18(6-3-1)22-15-26-24(19-8-11-25-12-9-19)27-23(22)20-7-4-13-28(16-20)21-10-14-29-17-21/h1-3,5-6,8-9,11-12,15,20-21H,4,7,10,13-14,16-17H2/t20-,21+/m0/s1. The maximum absolute atomic E-state index is 5.13. The number of piperidine rings is 1. The van der Waals surface area contributed by atoms with E-state index in [1.807, 2.05) is 30.7 Å². The average molecular weight is 403 g/mol. The maximum Gasteiger partial charge on any atom is 0.159 e. The molecular formula is C24H26N4S. The first-order valence-electron chi connectivity index (χ1n) is 10.5. The monoisotopic (exact) mass is 402 g/mol. The number of pyridine rings is 1. The van der Waals surface area contributed by atoms with Gasteiger partial charge < -0.3 is 0 Å². The zero-order valence-electron chi connectivity index (χ0n) is 16.6. The Balaban J connectivity index is 1.53. The van der Waals surface area contributed by atoms with Gasteiger partial charge in [-0.05, 0) is 49.3 Å². The second-order valence-electron chi connectivity index (χ2n) is 7.95. The van der Waals surface area contributed by atoms with E-state index in [9.17, 15) is 0 Å². The molecule has 148 valence electrons. The van der Waals surface area contributed by atoms with Gasteiger partial charge in [-0.3, -0.25) is 9.88 Å². The van der Waals surface area contributed by atoms with Crippen molar-refractivity contribution in [3.8, 4) is 22.5 Å². The van der Waals surface area contributed by atoms with E-state index in [4.69, 9.17) is 9.97 Å². The summed E-state index contributed by atoms with van der Waals surface area (Å²) >= 11 is 2.10. The normalized spacial score (nSPS) is 22.6. The first kappa shape index (κ1) is 18.8. The molecule has 0 radical (unpaired) electrons. The molecule has 2 fully saturated rings. The summed E-state index contributed by atoms with van der Waals surface area (Å²) < 4.78 is 0. The third-order valence-corrected chi connectivity index (χ3v) is 7.25. The molecule has 4 nitrogen and oxygen atoms in total. The second-order valence-corrected chi connectivity index (χ2v) is 9.10. The van der Waals surface area contributed by atoms with Crippen molar-refractivity contribution in [3.05, 3.63) is 66.7 Å². The first-order chi connectivity index (χ1) is 14.4. The fourth-order valence-corrected chi connectivity index (χ4v) is 5.81. The van der Waals surface area contributed by atoms with Gasteiger partial charge in [0.05, 0.1) is 5.69 Å². The van der Waals surface area contributed by atoms with Crippen molar-refractivity contribution in [2.75, 3.05) is 24.6 Å². The topological polar surface area (TPSA) is 41.9 Å². The van der Waals surface area contributed by atoms with Crippen molar-refractivity contribution in [3.63, 3.8) is 0 Å². The fourth-order valence-electron chi connectivity index (χ4n) is 4.56. The third kappa shape index (κ3) is 4.07. The van der Waals surface area contributed by atoms with Crippen LogP contribution in [-0.4, -0.2) is 50.5 Å². The largest absolute Gasteiger partial charge is 0.299 e. The molecule has 0 unspecified atom stereocenters. The van der Waals surface area contributed by atoms with Gasteiger partial charge in [0.15, 0.2) is 5.82 Å². The first-order valence-corrected chi connectivity index (χ1v) is 11.7. The summed E-state index contributed by atoms with van der Waals surface area (Å²) in [5.74, 6) is 3.84. The molecule has 0 aliphatic carbocycles. The SMILES string of the molecule is c1ccc(-c2cnc(-c3ccncc3)nc2[C@H]2CCCN([C@@H]3CCSC3)C2)cc1. The average Bonchev–Trinajstić information content (AvgIpc) is 3.35. The zero-order valence-corrected chi connectivity index (χ0v) is 17.4. The number of nitrogens with zero attached hydrogens (tertiary/aromatic N) is 4. The van der Waals surface area contributed by atoms with E-state index in [1.54, 1.807) is 0 Å². The molecular weight excluding hydrogens is 376 g/mol. The number of hydrogen-bond acceptors (Lipinski definition) is 5. The van der Waals surface area contributed by atoms with Crippen LogP contribution in [0.15, 0.2) is 61.1 Å². The molecule has 3 aromatic rings. The van der Waals surface area contributed by atoms with E-state index < -0.39 is 0 Å².